The lowest BCUT2D eigenvalue weighted by Gasteiger charge is -2.35. The summed E-state index contributed by atoms with van der Waals surface area (Å²) in [5.74, 6) is 0. The fourth-order valence-electron chi connectivity index (χ4n) is 1.81. The minimum absolute atomic E-state index is 0.625. The van der Waals surface area contributed by atoms with E-state index in [4.69, 9.17) is 5.26 Å². The fourth-order valence-corrected chi connectivity index (χ4v) is 1.81. The Hall–Kier alpha value is -0.590. The second-order valence-electron chi connectivity index (χ2n) is 3.91. The average Bonchev–Trinajstić information content (AvgIpc) is 2.12. The molecule has 3 nitrogen and oxygen atoms in total. The largest absolute Gasteiger partial charge is 0.313 e. The second-order valence-corrected chi connectivity index (χ2v) is 3.91. The monoisotopic (exact) mass is 181 g/mol. The zero-order valence-corrected chi connectivity index (χ0v) is 8.58. The van der Waals surface area contributed by atoms with Crippen LogP contribution >= 0.6 is 0 Å². The van der Waals surface area contributed by atoms with Crippen LogP contribution in [0.2, 0.25) is 0 Å². The number of hydrogen-bond donors (Lipinski definition) is 1. The van der Waals surface area contributed by atoms with E-state index in [2.05, 4.69) is 30.3 Å². The molecule has 1 saturated heterocycles. The number of nitrogens with one attached hydrogen (secondary N) is 1. The van der Waals surface area contributed by atoms with Gasteiger partial charge in [-0.05, 0) is 33.4 Å². The van der Waals surface area contributed by atoms with Crippen molar-refractivity contribution in [1.82, 2.24) is 10.2 Å². The highest BCUT2D eigenvalue weighted by molar-refractivity contribution is 4.82. The minimum atomic E-state index is 0.625. The first-order valence-electron chi connectivity index (χ1n) is 5.04. The second kappa shape index (κ2) is 5.21. The SMILES string of the molecule is CC1CC(NCCC#N)CCN1C. The summed E-state index contributed by atoms with van der Waals surface area (Å²) < 4.78 is 0. The molecule has 0 radical (unpaired) electrons. The van der Waals surface area contributed by atoms with Gasteiger partial charge in [0.25, 0.3) is 0 Å². The Bertz CT molecular complexity index is 185. The summed E-state index contributed by atoms with van der Waals surface area (Å²) >= 11 is 0. The lowest BCUT2D eigenvalue weighted by atomic mass is 9.99. The van der Waals surface area contributed by atoms with Crippen molar-refractivity contribution in [1.29, 1.82) is 5.26 Å². The van der Waals surface area contributed by atoms with Gasteiger partial charge in [0.1, 0.15) is 0 Å². The Kier molecular flexibility index (Phi) is 4.20. The molecule has 0 aromatic heterocycles. The Morgan fingerprint density at radius 1 is 1.62 bits per heavy atom. The standard InChI is InChI=1S/C10H19N3/c1-9-8-10(4-7-13(9)2)12-6-3-5-11/h9-10,12H,3-4,6-8H2,1-2H3. The van der Waals surface area contributed by atoms with Crippen molar-refractivity contribution in [3.63, 3.8) is 0 Å². The maximum absolute atomic E-state index is 8.39. The van der Waals surface area contributed by atoms with Crippen molar-refractivity contribution in [2.24, 2.45) is 0 Å². The number of nitrogens with zero attached hydrogens (tertiary/aromatic N) is 2. The van der Waals surface area contributed by atoms with E-state index in [0.29, 0.717) is 18.5 Å². The Labute approximate surface area is 80.7 Å². The molecule has 2 unspecified atom stereocenters. The van der Waals surface area contributed by atoms with Crippen LogP contribution in [0.15, 0.2) is 0 Å². The summed E-state index contributed by atoms with van der Waals surface area (Å²) in [4.78, 5) is 2.39. The van der Waals surface area contributed by atoms with Crippen molar-refractivity contribution in [2.75, 3.05) is 20.1 Å². The molecule has 0 aromatic rings. The third kappa shape index (κ3) is 3.33. The number of rotatable bonds is 3. The van der Waals surface area contributed by atoms with Crippen molar-refractivity contribution in [3.05, 3.63) is 0 Å². The summed E-state index contributed by atoms with van der Waals surface area (Å²) in [6.45, 7) is 4.28. The molecule has 2 atom stereocenters. The third-order valence-electron chi connectivity index (χ3n) is 2.88. The number of nitriles is 1. The minimum Gasteiger partial charge on any atom is -0.313 e. The summed E-state index contributed by atoms with van der Waals surface area (Å²) in [6, 6.07) is 3.45. The van der Waals surface area contributed by atoms with E-state index in [1.165, 1.54) is 19.4 Å². The van der Waals surface area contributed by atoms with E-state index in [1.807, 2.05) is 0 Å². The van der Waals surface area contributed by atoms with Crippen LogP contribution in [-0.4, -0.2) is 37.1 Å². The average molecular weight is 181 g/mol. The molecule has 13 heavy (non-hydrogen) atoms. The van der Waals surface area contributed by atoms with Crippen LogP contribution in [0.5, 0.6) is 0 Å². The normalized spacial score (nSPS) is 29.9. The quantitative estimate of drug-likeness (QED) is 0.659. The molecule has 0 spiro atoms. The lowest BCUT2D eigenvalue weighted by Crippen LogP contribution is -2.45. The number of piperidine rings is 1. The van der Waals surface area contributed by atoms with E-state index >= 15 is 0 Å². The first-order valence-corrected chi connectivity index (χ1v) is 5.04. The predicted molar refractivity (Wildman–Crippen MR) is 53.3 cm³/mol. The number of likely N-dealkylation sites (tertiary alicyclic amines) is 1. The van der Waals surface area contributed by atoms with Gasteiger partial charge in [0.2, 0.25) is 0 Å². The highest BCUT2D eigenvalue weighted by Crippen LogP contribution is 2.14. The summed E-state index contributed by atoms with van der Waals surface area (Å²) in [7, 11) is 2.18. The molecule has 3 heteroatoms. The Balaban J connectivity index is 2.18. The van der Waals surface area contributed by atoms with Crippen LogP contribution in [0.1, 0.15) is 26.2 Å². The van der Waals surface area contributed by atoms with E-state index in [0.717, 1.165) is 6.54 Å². The molecule has 1 N–H and O–H groups in total. The van der Waals surface area contributed by atoms with Gasteiger partial charge in [0, 0.05) is 25.0 Å². The molecule has 0 aliphatic carbocycles. The van der Waals surface area contributed by atoms with Crippen LogP contribution in [0.25, 0.3) is 0 Å². The highest BCUT2D eigenvalue weighted by Gasteiger charge is 2.21. The summed E-state index contributed by atoms with van der Waals surface area (Å²) in [6.07, 6.45) is 3.05. The maximum Gasteiger partial charge on any atom is 0.0635 e. The van der Waals surface area contributed by atoms with Gasteiger partial charge in [-0.3, -0.25) is 0 Å². The van der Waals surface area contributed by atoms with Gasteiger partial charge in [0.05, 0.1) is 6.07 Å². The molecule has 1 aliphatic rings. The lowest BCUT2D eigenvalue weighted by molar-refractivity contribution is 0.169. The van der Waals surface area contributed by atoms with Crippen molar-refractivity contribution in [3.8, 4) is 6.07 Å². The van der Waals surface area contributed by atoms with Crippen LogP contribution in [-0.2, 0) is 0 Å². The van der Waals surface area contributed by atoms with E-state index in [9.17, 15) is 0 Å². The smallest absolute Gasteiger partial charge is 0.0635 e. The molecule has 0 amide bonds. The predicted octanol–water partition coefficient (Wildman–Crippen LogP) is 0.972. The summed E-state index contributed by atoms with van der Waals surface area (Å²) in [5, 5.41) is 11.8. The molecule has 1 aliphatic heterocycles. The molecule has 0 aromatic carbocycles. The van der Waals surface area contributed by atoms with Crippen molar-refractivity contribution >= 4 is 0 Å². The first kappa shape index (κ1) is 10.5. The first-order chi connectivity index (χ1) is 6.24. The Morgan fingerprint density at radius 3 is 3.00 bits per heavy atom. The molecular weight excluding hydrogens is 162 g/mol. The van der Waals surface area contributed by atoms with Crippen LogP contribution < -0.4 is 5.32 Å². The van der Waals surface area contributed by atoms with Crippen LogP contribution in [0.4, 0.5) is 0 Å². The zero-order valence-electron chi connectivity index (χ0n) is 8.58. The highest BCUT2D eigenvalue weighted by atomic mass is 15.1. The van der Waals surface area contributed by atoms with E-state index < -0.39 is 0 Å². The van der Waals surface area contributed by atoms with Gasteiger partial charge in [-0.25, -0.2) is 0 Å². The summed E-state index contributed by atoms with van der Waals surface area (Å²) in [5.41, 5.74) is 0. The van der Waals surface area contributed by atoms with Gasteiger partial charge in [0.15, 0.2) is 0 Å². The molecule has 74 valence electrons. The van der Waals surface area contributed by atoms with Gasteiger partial charge in [-0.2, -0.15) is 5.26 Å². The van der Waals surface area contributed by atoms with E-state index in [1.54, 1.807) is 0 Å². The molecule has 1 heterocycles. The maximum atomic E-state index is 8.39. The molecule has 1 rings (SSSR count). The van der Waals surface area contributed by atoms with Crippen LogP contribution in [0, 0.1) is 11.3 Å². The topological polar surface area (TPSA) is 39.1 Å². The number of hydrogen-bond acceptors (Lipinski definition) is 3. The Morgan fingerprint density at radius 2 is 2.38 bits per heavy atom. The fraction of sp³-hybridized carbons (Fsp3) is 0.900. The van der Waals surface area contributed by atoms with Crippen molar-refractivity contribution in [2.45, 2.75) is 38.3 Å². The van der Waals surface area contributed by atoms with Crippen molar-refractivity contribution < 1.29 is 0 Å². The van der Waals surface area contributed by atoms with Gasteiger partial charge in [-0.1, -0.05) is 0 Å². The van der Waals surface area contributed by atoms with Gasteiger partial charge in [-0.15, -0.1) is 0 Å². The third-order valence-corrected chi connectivity index (χ3v) is 2.88. The van der Waals surface area contributed by atoms with Gasteiger partial charge >= 0.3 is 0 Å². The van der Waals surface area contributed by atoms with E-state index in [-0.39, 0.29) is 0 Å². The molecular formula is C10H19N3. The zero-order chi connectivity index (χ0) is 9.68. The molecule has 1 fully saturated rings. The molecule has 0 bridgehead atoms. The van der Waals surface area contributed by atoms with Gasteiger partial charge < -0.3 is 10.2 Å². The molecule has 0 saturated carbocycles. The van der Waals surface area contributed by atoms with Crippen LogP contribution in [0.3, 0.4) is 0 Å².